The fourth-order valence-corrected chi connectivity index (χ4v) is 3.49. The van der Waals surface area contributed by atoms with E-state index in [2.05, 4.69) is 36.7 Å². The number of aromatic nitrogens is 2. The minimum atomic E-state index is 0.0421. The van der Waals surface area contributed by atoms with Gasteiger partial charge >= 0.3 is 0 Å². The molecule has 1 aromatic heterocycles. The topological polar surface area (TPSA) is 46.1 Å². The molecule has 1 aliphatic carbocycles. The molecule has 1 aliphatic rings. The molecular formula is C25H29N3O. The first-order valence-electron chi connectivity index (χ1n) is 10.4. The molecule has 29 heavy (non-hydrogen) atoms. The van der Waals surface area contributed by atoms with Gasteiger partial charge < -0.3 is 4.90 Å². The molecule has 0 N–H and O–H groups in total. The molecular weight excluding hydrogens is 358 g/mol. The van der Waals surface area contributed by atoms with Crippen LogP contribution in [0.25, 0.3) is 16.6 Å². The van der Waals surface area contributed by atoms with Crippen LogP contribution in [0, 0.1) is 0 Å². The van der Waals surface area contributed by atoms with Crippen LogP contribution in [0.2, 0.25) is 0 Å². The van der Waals surface area contributed by atoms with Crippen molar-refractivity contribution in [1.29, 1.82) is 0 Å². The zero-order chi connectivity index (χ0) is 20.8. The van der Waals surface area contributed by atoms with Gasteiger partial charge in [0.2, 0.25) is 0 Å². The van der Waals surface area contributed by atoms with Crippen molar-refractivity contribution in [3.63, 3.8) is 0 Å². The summed E-state index contributed by atoms with van der Waals surface area (Å²) in [5.41, 5.74) is 6.25. The maximum atomic E-state index is 12.8. The van der Waals surface area contributed by atoms with Gasteiger partial charge in [-0.15, -0.1) is 0 Å². The Morgan fingerprint density at radius 3 is 2.79 bits per heavy atom. The maximum Gasteiger partial charge on any atom is 0.253 e. The van der Waals surface area contributed by atoms with Gasteiger partial charge in [0, 0.05) is 18.7 Å². The van der Waals surface area contributed by atoms with Gasteiger partial charge in [-0.3, -0.25) is 9.78 Å². The summed E-state index contributed by atoms with van der Waals surface area (Å²) in [4.78, 5) is 24.1. The van der Waals surface area contributed by atoms with Crippen LogP contribution >= 0.6 is 0 Å². The van der Waals surface area contributed by atoms with Crippen LogP contribution in [0.15, 0.2) is 66.4 Å². The fraction of sp³-hybridized carbons (Fsp3) is 0.320. The molecule has 2 aromatic rings. The summed E-state index contributed by atoms with van der Waals surface area (Å²) in [5.74, 6) is 0.0421. The second-order valence-corrected chi connectivity index (χ2v) is 7.23. The summed E-state index contributed by atoms with van der Waals surface area (Å²) in [6.45, 7) is 11.7. The van der Waals surface area contributed by atoms with E-state index in [-0.39, 0.29) is 5.91 Å². The average Bonchev–Trinajstić information content (AvgIpc) is 2.75. The normalized spacial score (nSPS) is 15.9. The molecule has 0 saturated carbocycles. The number of carbonyl (C=O) groups excluding carboxylic acids is 1. The van der Waals surface area contributed by atoms with Crippen LogP contribution in [0.4, 0.5) is 0 Å². The third-order valence-corrected chi connectivity index (χ3v) is 5.19. The van der Waals surface area contributed by atoms with Crippen LogP contribution in [0.1, 0.15) is 56.1 Å². The van der Waals surface area contributed by atoms with E-state index in [1.54, 1.807) is 6.20 Å². The number of hydrogen-bond donors (Lipinski definition) is 0. The van der Waals surface area contributed by atoms with Crippen molar-refractivity contribution in [3.8, 4) is 0 Å². The number of hydrogen-bond acceptors (Lipinski definition) is 3. The van der Waals surface area contributed by atoms with Gasteiger partial charge in [0.05, 0.1) is 22.9 Å². The van der Waals surface area contributed by atoms with Crippen molar-refractivity contribution in [2.24, 2.45) is 0 Å². The smallest absolute Gasteiger partial charge is 0.253 e. The summed E-state index contributed by atoms with van der Waals surface area (Å²) >= 11 is 0. The minimum Gasteiger partial charge on any atom is -0.339 e. The fourth-order valence-electron chi connectivity index (χ4n) is 3.49. The quantitative estimate of drug-likeness (QED) is 0.635. The molecule has 0 bridgehead atoms. The van der Waals surface area contributed by atoms with Crippen LogP contribution in [-0.2, 0) is 0 Å². The highest BCUT2D eigenvalue weighted by atomic mass is 16.2. The van der Waals surface area contributed by atoms with E-state index in [0.29, 0.717) is 12.1 Å². The average molecular weight is 388 g/mol. The zero-order valence-corrected chi connectivity index (χ0v) is 17.6. The van der Waals surface area contributed by atoms with Gasteiger partial charge in [-0.2, -0.15) is 0 Å². The molecule has 0 atom stereocenters. The number of fused-ring (bicyclic) bond motifs is 1. The minimum absolute atomic E-state index is 0.0421. The lowest BCUT2D eigenvalue weighted by atomic mass is 9.94. The monoisotopic (exact) mass is 387 g/mol. The molecule has 1 aromatic carbocycles. The van der Waals surface area contributed by atoms with E-state index in [4.69, 9.17) is 4.98 Å². The molecule has 0 saturated heterocycles. The van der Waals surface area contributed by atoms with Gasteiger partial charge in [-0.1, -0.05) is 31.7 Å². The summed E-state index contributed by atoms with van der Waals surface area (Å²) < 4.78 is 0. The first-order valence-corrected chi connectivity index (χ1v) is 10.4. The molecule has 3 rings (SSSR count). The van der Waals surface area contributed by atoms with Crippen molar-refractivity contribution < 1.29 is 4.79 Å². The molecule has 1 heterocycles. The maximum absolute atomic E-state index is 12.8. The standard InChI is InChI=1S/C25H29N3O/c1-5-14-28(7-3)25(29)21-12-13-22-23(16-21)27-24(17-26-22)19(6-2)15-20-11-9-8-10-18(20)4/h6,9,11-13,15-17H,4-5,7-8,10,14H2,1-3H3/b19-6+,20-15-. The van der Waals surface area contributed by atoms with Crippen LogP contribution in [0.5, 0.6) is 0 Å². The number of benzene rings is 1. The number of carbonyl (C=O) groups is 1. The number of nitrogens with zero attached hydrogens (tertiary/aromatic N) is 3. The lowest BCUT2D eigenvalue weighted by Crippen LogP contribution is -2.31. The Labute approximate surface area is 173 Å². The van der Waals surface area contributed by atoms with Gasteiger partial charge in [-0.25, -0.2) is 4.98 Å². The highest BCUT2D eigenvalue weighted by Gasteiger charge is 2.15. The Kier molecular flexibility index (Phi) is 6.76. The van der Waals surface area contributed by atoms with Crippen molar-refractivity contribution >= 4 is 22.5 Å². The molecule has 0 unspecified atom stereocenters. The summed E-state index contributed by atoms with van der Waals surface area (Å²) in [5, 5.41) is 0. The predicted octanol–water partition coefficient (Wildman–Crippen LogP) is 5.74. The number of amides is 1. The first-order chi connectivity index (χ1) is 14.1. The van der Waals surface area contributed by atoms with Crippen molar-refractivity contribution in [2.45, 2.75) is 40.0 Å². The van der Waals surface area contributed by atoms with E-state index in [0.717, 1.165) is 59.3 Å². The Morgan fingerprint density at radius 2 is 2.10 bits per heavy atom. The molecule has 4 nitrogen and oxygen atoms in total. The molecule has 150 valence electrons. The van der Waals surface area contributed by atoms with Crippen LogP contribution < -0.4 is 0 Å². The van der Waals surface area contributed by atoms with E-state index < -0.39 is 0 Å². The van der Waals surface area contributed by atoms with Gasteiger partial charge in [0.15, 0.2) is 0 Å². The van der Waals surface area contributed by atoms with E-state index in [9.17, 15) is 4.79 Å². The Hall–Kier alpha value is -3.01. The SMILES string of the molecule is C=C1CCC=C/C1=C/C(=C\C)c1cnc2ccc(C(=O)N(CC)CCC)cc2n1. The highest BCUT2D eigenvalue weighted by molar-refractivity contribution is 5.97. The molecule has 0 aliphatic heterocycles. The van der Waals surface area contributed by atoms with E-state index >= 15 is 0 Å². The Bertz CT molecular complexity index is 1010. The highest BCUT2D eigenvalue weighted by Crippen LogP contribution is 2.26. The predicted molar refractivity (Wildman–Crippen MR) is 121 cm³/mol. The van der Waals surface area contributed by atoms with Crippen LogP contribution in [0.3, 0.4) is 0 Å². The molecule has 4 heteroatoms. The Balaban J connectivity index is 1.97. The zero-order valence-electron chi connectivity index (χ0n) is 17.6. The van der Waals surface area contributed by atoms with Crippen LogP contribution in [-0.4, -0.2) is 33.9 Å². The van der Waals surface area contributed by atoms with Gasteiger partial charge in [-0.05, 0) is 74.1 Å². The van der Waals surface area contributed by atoms with Crippen molar-refractivity contribution in [2.75, 3.05) is 13.1 Å². The first kappa shape index (κ1) is 20.7. The number of allylic oxidation sites excluding steroid dienone is 7. The Morgan fingerprint density at radius 1 is 1.28 bits per heavy atom. The lowest BCUT2D eigenvalue weighted by molar-refractivity contribution is 0.0764. The number of rotatable bonds is 6. The van der Waals surface area contributed by atoms with E-state index in [1.807, 2.05) is 43.0 Å². The molecule has 0 fully saturated rings. The molecule has 0 spiro atoms. The summed E-state index contributed by atoms with van der Waals surface area (Å²) in [6.07, 6.45) is 13.2. The van der Waals surface area contributed by atoms with Crippen molar-refractivity contribution in [3.05, 3.63) is 77.7 Å². The van der Waals surface area contributed by atoms with Gasteiger partial charge in [0.25, 0.3) is 5.91 Å². The molecule has 1 amide bonds. The lowest BCUT2D eigenvalue weighted by Gasteiger charge is -2.20. The summed E-state index contributed by atoms with van der Waals surface area (Å²) in [7, 11) is 0. The molecule has 0 radical (unpaired) electrons. The van der Waals surface area contributed by atoms with E-state index in [1.165, 1.54) is 0 Å². The van der Waals surface area contributed by atoms with Crippen molar-refractivity contribution in [1.82, 2.24) is 14.9 Å². The third-order valence-electron chi connectivity index (χ3n) is 5.19. The van der Waals surface area contributed by atoms with Gasteiger partial charge in [0.1, 0.15) is 0 Å². The third kappa shape index (κ3) is 4.70. The second kappa shape index (κ2) is 9.46. The summed E-state index contributed by atoms with van der Waals surface area (Å²) in [6, 6.07) is 5.57. The second-order valence-electron chi connectivity index (χ2n) is 7.23. The largest absolute Gasteiger partial charge is 0.339 e.